The van der Waals surface area contributed by atoms with Crippen molar-refractivity contribution in [2.75, 3.05) is 13.2 Å². The van der Waals surface area contributed by atoms with Gasteiger partial charge in [0.1, 0.15) is 23.8 Å². The third kappa shape index (κ3) is 5.16. The van der Waals surface area contributed by atoms with Crippen LogP contribution in [-0.2, 0) is 4.79 Å². The van der Waals surface area contributed by atoms with E-state index in [1.807, 2.05) is 59.1 Å². The van der Waals surface area contributed by atoms with Crippen LogP contribution in [0.1, 0.15) is 46.4 Å². The summed E-state index contributed by atoms with van der Waals surface area (Å²) < 4.78 is 11.7. The lowest BCUT2D eigenvalue weighted by molar-refractivity contribution is -0.384. The van der Waals surface area contributed by atoms with Crippen molar-refractivity contribution in [1.29, 1.82) is 0 Å². The molecular formula is C27H29N3O5S. The zero-order valence-corrected chi connectivity index (χ0v) is 22.1. The van der Waals surface area contributed by atoms with Crippen LogP contribution in [0.4, 0.5) is 11.4 Å². The van der Waals surface area contributed by atoms with Crippen LogP contribution in [0.5, 0.6) is 11.5 Å². The van der Waals surface area contributed by atoms with E-state index in [1.54, 1.807) is 12.1 Å². The van der Waals surface area contributed by atoms with E-state index in [-0.39, 0.29) is 22.3 Å². The Morgan fingerprint density at radius 1 is 0.972 bits per heavy atom. The molecule has 0 unspecified atom stereocenters. The van der Waals surface area contributed by atoms with Gasteiger partial charge < -0.3 is 9.47 Å². The molecule has 8 nitrogen and oxygen atoms in total. The number of carbonyl (C=O) groups excluding carboxylic acids is 1. The number of hydrogen-bond donors (Lipinski definition) is 0. The minimum atomic E-state index is -0.458. The predicted octanol–water partition coefficient (Wildman–Crippen LogP) is 7.45. The first-order valence-electron chi connectivity index (χ1n) is 11.6. The summed E-state index contributed by atoms with van der Waals surface area (Å²) in [7, 11) is 0. The quantitative estimate of drug-likeness (QED) is 0.243. The number of nitrogens with zero attached hydrogens (tertiary/aromatic N) is 3. The van der Waals surface area contributed by atoms with Crippen molar-refractivity contribution in [2.24, 2.45) is 21.1 Å². The maximum Gasteiger partial charge on any atom is 0.269 e. The highest BCUT2D eigenvalue weighted by Gasteiger charge is 2.35. The molecule has 2 heterocycles. The molecular weight excluding hydrogens is 478 g/mol. The Labute approximate surface area is 214 Å². The van der Waals surface area contributed by atoms with Gasteiger partial charge in [0, 0.05) is 34.2 Å². The van der Waals surface area contributed by atoms with Crippen LogP contribution in [0.25, 0.3) is 5.70 Å². The molecule has 36 heavy (non-hydrogen) atoms. The fraction of sp³-hybridized carbons (Fsp3) is 0.370. The van der Waals surface area contributed by atoms with Crippen molar-refractivity contribution >= 4 is 34.2 Å². The third-order valence-corrected chi connectivity index (χ3v) is 6.77. The number of nitro groups is 1. The van der Waals surface area contributed by atoms with Crippen LogP contribution < -0.4 is 9.47 Å². The lowest BCUT2D eigenvalue weighted by atomic mass is 9.71. The molecule has 0 radical (unpaired) electrons. The molecule has 1 aromatic heterocycles. The maximum atomic E-state index is 13.5. The first kappa shape index (κ1) is 25.5. The fourth-order valence-corrected chi connectivity index (χ4v) is 4.83. The van der Waals surface area contributed by atoms with Crippen molar-refractivity contribution in [3.63, 3.8) is 0 Å². The second-order valence-corrected chi connectivity index (χ2v) is 11.6. The number of fused-ring (bicyclic) bond motifs is 1. The molecule has 1 aromatic carbocycles. The number of rotatable bonds is 4. The van der Waals surface area contributed by atoms with Crippen LogP contribution in [0.2, 0.25) is 0 Å². The lowest BCUT2D eigenvalue weighted by Crippen LogP contribution is -2.28. The van der Waals surface area contributed by atoms with Gasteiger partial charge in [0.2, 0.25) is 0 Å². The Bertz CT molecular complexity index is 1300. The van der Waals surface area contributed by atoms with E-state index >= 15 is 0 Å². The molecule has 1 aliphatic carbocycles. The summed E-state index contributed by atoms with van der Waals surface area (Å²) in [4.78, 5) is 24.8. The highest BCUT2D eigenvalue weighted by atomic mass is 32.1. The van der Waals surface area contributed by atoms with E-state index in [2.05, 4.69) is 10.2 Å². The van der Waals surface area contributed by atoms with Crippen molar-refractivity contribution in [3.05, 3.63) is 73.5 Å². The number of benzene rings is 1. The van der Waals surface area contributed by atoms with Gasteiger partial charge in [-0.1, -0.05) is 41.5 Å². The molecule has 0 fully saturated rings. The number of hydrogen-bond acceptors (Lipinski definition) is 8. The largest absolute Gasteiger partial charge is 0.485 e. The fourth-order valence-electron chi connectivity index (χ4n) is 3.89. The van der Waals surface area contributed by atoms with E-state index < -0.39 is 4.92 Å². The SMILES string of the molecule is CC(C)(C)C1=CC(=C(N=Nc2ccc([N+](=O)[O-])cc2)c2scc3c2OCCO3)C=C(C(C)(C)C)C1=O. The van der Waals surface area contributed by atoms with Crippen LogP contribution in [0.3, 0.4) is 0 Å². The lowest BCUT2D eigenvalue weighted by Gasteiger charge is -2.31. The average Bonchev–Trinajstić information content (AvgIpc) is 3.23. The van der Waals surface area contributed by atoms with Gasteiger partial charge in [-0.3, -0.25) is 14.9 Å². The number of allylic oxidation sites excluding steroid dienone is 5. The van der Waals surface area contributed by atoms with Crippen LogP contribution in [-0.4, -0.2) is 23.9 Å². The molecule has 4 rings (SSSR count). The Hall–Kier alpha value is -3.59. The molecule has 9 heteroatoms. The van der Waals surface area contributed by atoms with Crippen molar-refractivity contribution in [1.82, 2.24) is 0 Å². The zero-order valence-electron chi connectivity index (χ0n) is 21.2. The number of non-ortho nitro benzene ring substituents is 1. The van der Waals surface area contributed by atoms with Gasteiger partial charge >= 0.3 is 0 Å². The minimum absolute atomic E-state index is 0.0216. The van der Waals surface area contributed by atoms with E-state index in [1.165, 1.54) is 23.5 Å². The van der Waals surface area contributed by atoms with Crippen molar-refractivity contribution in [2.45, 2.75) is 41.5 Å². The summed E-state index contributed by atoms with van der Waals surface area (Å²) in [5.74, 6) is 1.28. The topological polar surface area (TPSA) is 103 Å². The number of ketones is 1. The summed E-state index contributed by atoms with van der Waals surface area (Å²) in [5, 5.41) is 21.9. The van der Waals surface area contributed by atoms with Crippen molar-refractivity contribution < 1.29 is 19.2 Å². The average molecular weight is 508 g/mol. The molecule has 1 aliphatic heterocycles. The molecule has 0 amide bonds. The summed E-state index contributed by atoms with van der Waals surface area (Å²) >= 11 is 1.43. The Balaban J connectivity index is 1.94. The van der Waals surface area contributed by atoms with Gasteiger partial charge in [0.25, 0.3) is 5.69 Å². The van der Waals surface area contributed by atoms with Gasteiger partial charge in [-0.2, -0.15) is 5.11 Å². The number of nitro benzene ring substituents is 1. The molecule has 2 aromatic rings. The first-order chi connectivity index (χ1) is 16.9. The molecule has 188 valence electrons. The molecule has 0 N–H and O–H groups in total. The number of Topliss-reactive ketones (excluding diaryl/α,β-unsaturated/α-hetero) is 1. The smallest absolute Gasteiger partial charge is 0.269 e. The Morgan fingerprint density at radius 2 is 1.56 bits per heavy atom. The van der Waals surface area contributed by atoms with Crippen LogP contribution >= 0.6 is 11.3 Å². The Kier molecular flexibility index (Phi) is 6.70. The maximum absolute atomic E-state index is 13.5. The standard InChI is InChI=1S/C27H29N3O5S/c1-26(2,3)19-13-16(14-20(23(19)31)27(4,5)6)22(25-24-21(15-36-25)34-11-12-35-24)29-28-17-7-9-18(10-8-17)30(32)33/h7-10,13-15H,11-12H2,1-6H3. The molecule has 0 bridgehead atoms. The highest BCUT2D eigenvalue weighted by Crippen LogP contribution is 2.47. The van der Waals surface area contributed by atoms with Crippen LogP contribution in [0.15, 0.2) is 68.7 Å². The van der Waals surface area contributed by atoms with E-state index in [0.29, 0.717) is 47.2 Å². The normalized spacial score (nSPS) is 16.2. The summed E-state index contributed by atoms with van der Waals surface area (Å²) in [6.45, 7) is 13.0. The molecule has 0 spiro atoms. The van der Waals surface area contributed by atoms with Gasteiger partial charge in [-0.25, -0.2) is 0 Å². The first-order valence-corrected chi connectivity index (χ1v) is 12.5. The van der Waals surface area contributed by atoms with E-state index in [4.69, 9.17) is 9.47 Å². The predicted molar refractivity (Wildman–Crippen MR) is 140 cm³/mol. The molecule has 0 saturated carbocycles. The van der Waals surface area contributed by atoms with Crippen LogP contribution in [0, 0.1) is 20.9 Å². The minimum Gasteiger partial charge on any atom is -0.485 e. The third-order valence-electron chi connectivity index (χ3n) is 5.82. The Morgan fingerprint density at radius 3 is 2.11 bits per heavy atom. The van der Waals surface area contributed by atoms with Gasteiger partial charge in [-0.15, -0.1) is 16.5 Å². The van der Waals surface area contributed by atoms with E-state index in [0.717, 1.165) is 10.5 Å². The number of ether oxygens (including phenoxy) is 2. The number of thiophene rings is 1. The second kappa shape index (κ2) is 9.46. The molecule has 2 aliphatic rings. The van der Waals surface area contributed by atoms with Gasteiger partial charge in [0.05, 0.1) is 10.6 Å². The zero-order chi connectivity index (χ0) is 26.3. The summed E-state index contributed by atoms with van der Waals surface area (Å²) in [5.41, 5.74) is 2.34. The molecule has 0 saturated heterocycles. The molecule has 0 atom stereocenters. The van der Waals surface area contributed by atoms with Crippen molar-refractivity contribution in [3.8, 4) is 11.5 Å². The van der Waals surface area contributed by atoms with Gasteiger partial charge in [-0.05, 0) is 35.1 Å². The monoisotopic (exact) mass is 507 g/mol. The second-order valence-electron chi connectivity index (χ2n) is 10.7. The van der Waals surface area contributed by atoms with Gasteiger partial charge in [0.15, 0.2) is 17.3 Å². The number of azo groups is 1. The number of carbonyl (C=O) groups is 1. The summed E-state index contributed by atoms with van der Waals surface area (Å²) in [6.07, 6.45) is 3.77. The summed E-state index contributed by atoms with van der Waals surface area (Å²) in [6, 6.07) is 5.87. The van der Waals surface area contributed by atoms with E-state index in [9.17, 15) is 14.9 Å². The highest BCUT2D eigenvalue weighted by molar-refractivity contribution is 7.11.